The van der Waals surface area contributed by atoms with Gasteiger partial charge in [-0.2, -0.15) is 0 Å². The van der Waals surface area contributed by atoms with Crippen LogP contribution >= 0.6 is 0 Å². The lowest BCUT2D eigenvalue weighted by molar-refractivity contribution is -0.121. The van der Waals surface area contributed by atoms with E-state index in [1.165, 1.54) is 12.1 Å². The molecule has 0 aromatic heterocycles. The minimum Gasteiger partial charge on any atom is -0.353 e. The normalized spacial score (nSPS) is 16.3. The molecule has 1 atom stereocenters. The molecule has 0 radical (unpaired) electrons. The number of carbonyl (C=O) groups is 1. The first-order valence-corrected chi connectivity index (χ1v) is 6.44. The third kappa shape index (κ3) is 3.81. The van der Waals surface area contributed by atoms with Gasteiger partial charge >= 0.3 is 0 Å². The molecule has 18 heavy (non-hydrogen) atoms. The summed E-state index contributed by atoms with van der Waals surface area (Å²) < 4.78 is 12.8. The highest BCUT2D eigenvalue weighted by Gasteiger charge is 2.23. The van der Waals surface area contributed by atoms with Crippen LogP contribution in [0.5, 0.6) is 0 Å². The number of hydrogen-bond acceptors (Lipinski definition) is 2. The summed E-state index contributed by atoms with van der Waals surface area (Å²) in [5.74, 6) is -0.0328. The van der Waals surface area contributed by atoms with Gasteiger partial charge in [0.15, 0.2) is 0 Å². The Kier molecular flexibility index (Phi) is 4.31. The molecule has 1 aliphatic carbocycles. The molecule has 1 fully saturated rings. The predicted molar refractivity (Wildman–Crippen MR) is 68.6 cm³/mol. The fraction of sp³-hybridized carbons (Fsp3) is 0.500. The molecule has 1 aliphatic rings. The maximum atomic E-state index is 12.8. The average Bonchev–Trinajstić information content (AvgIpc) is 3.16. The van der Waals surface area contributed by atoms with Gasteiger partial charge in [-0.05, 0) is 49.4 Å². The Morgan fingerprint density at radius 1 is 1.39 bits per heavy atom. The number of halogens is 1. The second-order valence-electron chi connectivity index (χ2n) is 4.86. The van der Waals surface area contributed by atoms with Crippen LogP contribution < -0.4 is 11.1 Å². The molecule has 0 bridgehead atoms. The molecule has 3 N–H and O–H groups in total. The molecule has 1 saturated carbocycles. The van der Waals surface area contributed by atoms with Crippen molar-refractivity contribution < 1.29 is 9.18 Å². The van der Waals surface area contributed by atoms with Crippen LogP contribution in [0.2, 0.25) is 0 Å². The van der Waals surface area contributed by atoms with Gasteiger partial charge in [0.25, 0.3) is 0 Å². The highest BCUT2D eigenvalue weighted by Crippen LogP contribution is 2.22. The highest BCUT2D eigenvalue weighted by molar-refractivity contribution is 5.76. The summed E-state index contributed by atoms with van der Waals surface area (Å²) in [6.45, 7) is 0.475. The summed E-state index contributed by atoms with van der Waals surface area (Å²) in [5, 5.41) is 2.95. The largest absolute Gasteiger partial charge is 0.353 e. The van der Waals surface area contributed by atoms with E-state index in [0.29, 0.717) is 25.4 Å². The quantitative estimate of drug-likeness (QED) is 0.810. The Labute approximate surface area is 107 Å². The molecular weight excluding hydrogens is 231 g/mol. The van der Waals surface area contributed by atoms with Gasteiger partial charge in [-0.15, -0.1) is 0 Å². The Balaban J connectivity index is 1.84. The fourth-order valence-electron chi connectivity index (χ4n) is 1.99. The molecule has 0 heterocycles. The topological polar surface area (TPSA) is 55.1 Å². The van der Waals surface area contributed by atoms with Gasteiger partial charge < -0.3 is 11.1 Å². The lowest BCUT2D eigenvalue weighted by atomic mass is 9.94. The van der Waals surface area contributed by atoms with Crippen LogP contribution in [0.25, 0.3) is 0 Å². The van der Waals surface area contributed by atoms with Crippen molar-refractivity contribution in [3.05, 3.63) is 35.6 Å². The van der Waals surface area contributed by atoms with Crippen molar-refractivity contribution in [1.82, 2.24) is 5.32 Å². The van der Waals surface area contributed by atoms with E-state index in [1.54, 1.807) is 12.1 Å². The van der Waals surface area contributed by atoms with Crippen LogP contribution in [0.15, 0.2) is 24.3 Å². The third-order valence-corrected chi connectivity index (χ3v) is 3.29. The number of nitrogens with two attached hydrogens (primary N) is 1. The van der Waals surface area contributed by atoms with E-state index < -0.39 is 0 Å². The number of amides is 1. The molecule has 3 nitrogen and oxygen atoms in total. The molecule has 1 aromatic carbocycles. The SMILES string of the molecule is NCC(CCC(=O)NC1CC1)c1ccc(F)cc1. The second-order valence-corrected chi connectivity index (χ2v) is 4.86. The Hall–Kier alpha value is -1.42. The molecule has 0 spiro atoms. The summed E-state index contributed by atoms with van der Waals surface area (Å²) in [4.78, 5) is 11.6. The van der Waals surface area contributed by atoms with E-state index in [9.17, 15) is 9.18 Å². The highest BCUT2D eigenvalue weighted by atomic mass is 19.1. The number of carbonyl (C=O) groups excluding carboxylic acids is 1. The Morgan fingerprint density at radius 3 is 2.61 bits per heavy atom. The first-order chi connectivity index (χ1) is 8.69. The van der Waals surface area contributed by atoms with Gasteiger partial charge in [0.2, 0.25) is 5.91 Å². The standard InChI is InChI=1S/C14H19FN2O/c15-12-4-1-10(2-5-12)11(9-16)3-8-14(18)17-13-6-7-13/h1-2,4-5,11,13H,3,6-9,16H2,(H,17,18). The van der Waals surface area contributed by atoms with Crippen LogP contribution in [-0.2, 0) is 4.79 Å². The summed E-state index contributed by atoms with van der Waals surface area (Å²) in [6.07, 6.45) is 3.39. The van der Waals surface area contributed by atoms with Crippen LogP contribution in [0.3, 0.4) is 0 Å². The zero-order valence-corrected chi connectivity index (χ0v) is 10.4. The van der Waals surface area contributed by atoms with E-state index in [-0.39, 0.29) is 17.6 Å². The smallest absolute Gasteiger partial charge is 0.220 e. The van der Waals surface area contributed by atoms with E-state index in [2.05, 4.69) is 5.32 Å². The van der Waals surface area contributed by atoms with Gasteiger partial charge in [0, 0.05) is 12.5 Å². The molecule has 1 amide bonds. The van der Waals surface area contributed by atoms with Gasteiger partial charge in [-0.25, -0.2) is 4.39 Å². The van der Waals surface area contributed by atoms with Gasteiger partial charge in [0.1, 0.15) is 5.82 Å². The molecule has 1 aromatic rings. The maximum absolute atomic E-state index is 12.8. The molecule has 0 saturated heterocycles. The molecule has 2 rings (SSSR count). The molecule has 0 aliphatic heterocycles. The van der Waals surface area contributed by atoms with E-state index in [1.807, 2.05) is 0 Å². The minimum atomic E-state index is -0.249. The zero-order valence-electron chi connectivity index (χ0n) is 10.4. The van der Waals surface area contributed by atoms with Crippen molar-refractivity contribution in [3.63, 3.8) is 0 Å². The lowest BCUT2D eigenvalue weighted by Gasteiger charge is -2.15. The number of nitrogens with one attached hydrogen (secondary N) is 1. The zero-order chi connectivity index (χ0) is 13.0. The van der Waals surface area contributed by atoms with Crippen molar-refractivity contribution in [2.45, 2.75) is 37.6 Å². The van der Waals surface area contributed by atoms with Crippen molar-refractivity contribution in [3.8, 4) is 0 Å². The summed E-state index contributed by atoms with van der Waals surface area (Å²) in [5.41, 5.74) is 6.72. The van der Waals surface area contributed by atoms with E-state index >= 15 is 0 Å². The van der Waals surface area contributed by atoms with E-state index in [4.69, 9.17) is 5.73 Å². The third-order valence-electron chi connectivity index (χ3n) is 3.29. The summed E-state index contributed by atoms with van der Waals surface area (Å²) in [6, 6.07) is 6.75. The number of rotatable bonds is 6. The minimum absolute atomic E-state index is 0.0954. The first-order valence-electron chi connectivity index (χ1n) is 6.44. The van der Waals surface area contributed by atoms with Crippen molar-refractivity contribution in [1.29, 1.82) is 0 Å². The molecule has 98 valence electrons. The van der Waals surface area contributed by atoms with E-state index in [0.717, 1.165) is 18.4 Å². The monoisotopic (exact) mass is 250 g/mol. The second kappa shape index (κ2) is 5.96. The number of hydrogen-bond donors (Lipinski definition) is 2. The van der Waals surface area contributed by atoms with Gasteiger partial charge in [-0.3, -0.25) is 4.79 Å². The predicted octanol–water partition coefficient (Wildman–Crippen LogP) is 1.93. The first kappa shape index (κ1) is 13.0. The van der Waals surface area contributed by atoms with Crippen LogP contribution in [0.1, 0.15) is 37.2 Å². The average molecular weight is 250 g/mol. The Bertz CT molecular complexity index is 401. The number of benzene rings is 1. The van der Waals surface area contributed by atoms with Gasteiger partial charge in [0.05, 0.1) is 0 Å². The summed E-state index contributed by atoms with van der Waals surface area (Å²) in [7, 11) is 0. The molecular formula is C14H19FN2O. The fourth-order valence-corrected chi connectivity index (χ4v) is 1.99. The molecule has 4 heteroatoms. The Morgan fingerprint density at radius 2 is 2.06 bits per heavy atom. The van der Waals surface area contributed by atoms with Crippen molar-refractivity contribution in [2.75, 3.05) is 6.54 Å². The van der Waals surface area contributed by atoms with Crippen LogP contribution in [-0.4, -0.2) is 18.5 Å². The van der Waals surface area contributed by atoms with Crippen LogP contribution in [0.4, 0.5) is 4.39 Å². The molecule has 1 unspecified atom stereocenters. The van der Waals surface area contributed by atoms with Crippen LogP contribution in [0, 0.1) is 5.82 Å². The van der Waals surface area contributed by atoms with Crippen molar-refractivity contribution >= 4 is 5.91 Å². The summed E-state index contributed by atoms with van der Waals surface area (Å²) >= 11 is 0. The lowest BCUT2D eigenvalue weighted by Crippen LogP contribution is -2.26. The van der Waals surface area contributed by atoms with Gasteiger partial charge in [-0.1, -0.05) is 12.1 Å². The van der Waals surface area contributed by atoms with Crippen molar-refractivity contribution in [2.24, 2.45) is 5.73 Å². The maximum Gasteiger partial charge on any atom is 0.220 e.